The SMILES string of the molecule is CC(=O)N[C@H]1[C@@H](O[C@@H]2[C@H](O)[C@@H](O)[C@@H](O)O[C@@H]2C(=O)O)O[C@H](CO)[C@H](O[C@@H]2O[C@H](CO)[C@@H](O)[C@H](O[C@@H]3O[C@@H](C)[C@H](O)[C@@H](OC(=O)[C@@H](C)O)[C@H]3O)[C@@H]2O[C@H]2O[C@H](CO)[C@@H](O)[C@H](O)[C@H]2NC(C)=O)[C@@H]1O. The van der Waals surface area contributed by atoms with E-state index in [1.54, 1.807) is 0 Å². The van der Waals surface area contributed by atoms with Crippen molar-refractivity contribution in [2.45, 2.75) is 187 Å². The van der Waals surface area contributed by atoms with Crippen LogP contribution >= 0.6 is 0 Å². The number of carboxylic acids is 1. The van der Waals surface area contributed by atoms with Crippen molar-refractivity contribution < 1.29 is 138 Å². The summed E-state index contributed by atoms with van der Waals surface area (Å²) in [5.41, 5.74) is 0. The zero-order valence-electron chi connectivity index (χ0n) is 36.1. The molecule has 2 amide bonds. The molecule has 16 N–H and O–H groups in total. The lowest BCUT2D eigenvalue weighted by molar-refractivity contribution is -0.399. The Morgan fingerprint density at radius 3 is 1.55 bits per heavy atom. The van der Waals surface area contributed by atoms with E-state index in [1.165, 1.54) is 6.92 Å². The molecule has 67 heavy (non-hydrogen) atoms. The fraction of sp³-hybridized carbons (Fsp3) is 0.892. The van der Waals surface area contributed by atoms with Gasteiger partial charge in [-0.05, 0) is 13.8 Å². The Morgan fingerprint density at radius 2 is 1.01 bits per heavy atom. The Labute approximate surface area is 379 Å². The lowest BCUT2D eigenvalue weighted by Gasteiger charge is -2.51. The van der Waals surface area contributed by atoms with Gasteiger partial charge < -0.3 is 129 Å². The lowest BCUT2D eigenvalue weighted by Crippen LogP contribution is -2.71. The Bertz CT molecular complexity index is 1670. The molecule has 0 aromatic rings. The molecule has 5 fully saturated rings. The molecule has 0 aromatic heterocycles. The van der Waals surface area contributed by atoms with Crippen molar-refractivity contribution in [3.8, 4) is 0 Å². The summed E-state index contributed by atoms with van der Waals surface area (Å²) in [4.78, 5) is 49.3. The molecule has 0 radical (unpaired) electrons. The molecule has 0 aliphatic carbocycles. The summed E-state index contributed by atoms with van der Waals surface area (Å²) in [5.74, 6) is -4.79. The predicted molar refractivity (Wildman–Crippen MR) is 204 cm³/mol. The number of aliphatic carboxylic acids is 1. The van der Waals surface area contributed by atoms with E-state index in [4.69, 9.17) is 47.4 Å². The predicted octanol–water partition coefficient (Wildman–Crippen LogP) is -10.6. The largest absolute Gasteiger partial charge is 0.479 e. The van der Waals surface area contributed by atoms with Gasteiger partial charge in [-0.1, -0.05) is 0 Å². The van der Waals surface area contributed by atoms with Crippen molar-refractivity contribution >= 4 is 23.8 Å². The molecule has 5 aliphatic rings. The van der Waals surface area contributed by atoms with E-state index >= 15 is 0 Å². The van der Waals surface area contributed by atoms with Gasteiger partial charge >= 0.3 is 11.9 Å². The third kappa shape index (κ3) is 12.1. The number of rotatable bonds is 16. The molecule has 5 rings (SSSR count). The zero-order chi connectivity index (χ0) is 49.9. The smallest absolute Gasteiger partial charge is 0.335 e. The third-order valence-corrected chi connectivity index (χ3v) is 11.6. The van der Waals surface area contributed by atoms with Gasteiger partial charge in [0.05, 0.1) is 25.9 Å². The molecule has 5 aliphatic heterocycles. The van der Waals surface area contributed by atoms with Crippen molar-refractivity contribution in [3.63, 3.8) is 0 Å². The quantitative estimate of drug-likeness (QED) is 0.0639. The first-order valence-electron chi connectivity index (χ1n) is 21.0. The number of ether oxygens (including phenoxy) is 10. The average molecular weight is 981 g/mol. The summed E-state index contributed by atoms with van der Waals surface area (Å²) in [5, 5.41) is 154. The molecule has 386 valence electrons. The minimum Gasteiger partial charge on any atom is -0.479 e. The maximum Gasteiger partial charge on any atom is 0.335 e. The number of nitrogens with one attached hydrogen (secondary N) is 2. The molecule has 30 nitrogen and oxygen atoms in total. The van der Waals surface area contributed by atoms with Crippen LogP contribution in [0, 0.1) is 0 Å². The van der Waals surface area contributed by atoms with Crippen molar-refractivity contribution in [2.75, 3.05) is 19.8 Å². The molecule has 30 heteroatoms. The van der Waals surface area contributed by atoms with Crippen LogP contribution in [0.15, 0.2) is 0 Å². The zero-order valence-corrected chi connectivity index (χ0v) is 36.1. The standard InChI is InChI=1S/C37H60N2O28/c1-8(43)32(56)62-26-17(46)9(2)58-36(24(26)53)66-27-19(48)13(6-41)60-37(30(27)67-34-15(38-10(3)44)20(49)18(47)12(5-40)59-34)64-25-14(7-42)61-35(16(21(25)50)39-11(4)45)65-28-22(51)23(52)33(57)63-29(28)31(54)55/h8-9,12-30,33-37,40-43,46-53,57H,5-7H2,1-4H3,(H,38,44)(H,39,45)(H,54,55)/t8-,9+,12-,13-,14-,15-,16-,17+,18-,19-,20-,21-,22-,23-,24-,25+,26-,27+,28-,29+,30+,33+,34-,35-,36+,37+/m1/s1. The van der Waals surface area contributed by atoms with E-state index < -0.39 is 203 Å². The Balaban J connectivity index is 1.55. The van der Waals surface area contributed by atoms with Gasteiger partial charge in [-0.15, -0.1) is 0 Å². The molecule has 0 unspecified atom stereocenters. The van der Waals surface area contributed by atoms with Crippen LogP contribution in [0.4, 0.5) is 0 Å². The van der Waals surface area contributed by atoms with Gasteiger partial charge in [0.2, 0.25) is 11.8 Å². The number of carboxylic acid groups (broad SMARTS) is 1. The first-order valence-corrected chi connectivity index (χ1v) is 21.0. The minimum absolute atomic E-state index is 0.817. The fourth-order valence-corrected chi connectivity index (χ4v) is 8.08. The van der Waals surface area contributed by atoms with Crippen LogP contribution < -0.4 is 10.6 Å². The van der Waals surface area contributed by atoms with Crippen LogP contribution in [0.1, 0.15) is 27.7 Å². The highest BCUT2D eigenvalue weighted by Crippen LogP contribution is 2.37. The van der Waals surface area contributed by atoms with E-state index in [-0.39, 0.29) is 0 Å². The summed E-state index contributed by atoms with van der Waals surface area (Å²) < 4.78 is 57.2. The fourth-order valence-electron chi connectivity index (χ4n) is 8.08. The topological polar surface area (TPSA) is 468 Å². The second-order valence-corrected chi connectivity index (χ2v) is 16.5. The van der Waals surface area contributed by atoms with Gasteiger partial charge in [0.1, 0.15) is 110 Å². The Morgan fingerprint density at radius 1 is 0.522 bits per heavy atom. The van der Waals surface area contributed by atoms with E-state index in [0.717, 1.165) is 20.8 Å². The van der Waals surface area contributed by atoms with Gasteiger partial charge in [-0.25, -0.2) is 9.59 Å². The highest BCUT2D eigenvalue weighted by Gasteiger charge is 2.58. The normalized spacial score (nSPS) is 46.5. The molecule has 0 bridgehead atoms. The molecule has 0 aromatic carbocycles. The Hall–Kier alpha value is -3.00. The highest BCUT2D eigenvalue weighted by molar-refractivity contribution is 5.75. The number of hydrogen-bond acceptors (Lipinski definition) is 27. The van der Waals surface area contributed by atoms with Crippen LogP contribution in [0.2, 0.25) is 0 Å². The maximum atomic E-state index is 12.5. The molecule has 5 saturated heterocycles. The molecular formula is C37H60N2O28. The van der Waals surface area contributed by atoms with Crippen LogP contribution in [-0.4, -0.2) is 275 Å². The van der Waals surface area contributed by atoms with Crippen molar-refractivity contribution in [3.05, 3.63) is 0 Å². The van der Waals surface area contributed by atoms with Gasteiger partial charge in [0.15, 0.2) is 43.7 Å². The van der Waals surface area contributed by atoms with Crippen molar-refractivity contribution in [1.29, 1.82) is 0 Å². The maximum absolute atomic E-state index is 12.5. The number of aliphatic hydroxyl groups is 13. The van der Waals surface area contributed by atoms with Gasteiger partial charge in [-0.2, -0.15) is 0 Å². The minimum atomic E-state index is -2.20. The number of carbonyl (C=O) groups excluding carboxylic acids is 3. The highest BCUT2D eigenvalue weighted by atomic mass is 16.8. The summed E-state index contributed by atoms with van der Waals surface area (Å²) in [6.07, 6.45) is -47.1. The van der Waals surface area contributed by atoms with Crippen LogP contribution in [0.25, 0.3) is 0 Å². The van der Waals surface area contributed by atoms with Crippen LogP contribution in [0.5, 0.6) is 0 Å². The lowest BCUT2D eigenvalue weighted by atomic mass is 9.94. The molecule has 0 saturated carbocycles. The number of aliphatic hydroxyl groups excluding tert-OH is 13. The van der Waals surface area contributed by atoms with Crippen LogP contribution in [0.3, 0.4) is 0 Å². The number of carbonyl (C=O) groups is 4. The summed E-state index contributed by atoms with van der Waals surface area (Å²) in [6, 6.07) is -3.57. The van der Waals surface area contributed by atoms with Gasteiger partial charge in [0.25, 0.3) is 0 Å². The van der Waals surface area contributed by atoms with Crippen LogP contribution in [-0.2, 0) is 66.5 Å². The molecule has 5 heterocycles. The van der Waals surface area contributed by atoms with Gasteiger partial charge in [0, 0.05) is 13.8 Å². The van der Waals surface area contributed by atoms with Gasteiger partial charge in [-0.3, -0.25) is 9.59 Å². The van der Waals surface area contributed by atoms with E-state index in [9.17, 15) is 90.7 Å². The number of esters is 1. The second kappa shape index (κ2) is 23.3. The monoisotopic (exact) mass is 980 g/mol. The third-order valence-electron chi connectivity index (χ3n) is 11.6. The van der Waals surface area contributed by atoms with E-state index in [2.05, 4.69) is 10.6 Å². The van der Waals surface area contributed by atoms with Crippen molar-refractivity contribution in [1.82, 2.24) is 10.6 Å². The van der Waals surface area contributed by atoms with E-state index in [0.29, 0.717) is 0 Å². The molecule has 26 atom stereocenters. The average Bonchev–Trinajstić information content (AvgIpc) is 3.27. The molecular weight excluding hydrogens is 920 g/mol. The Kier molecular flexibility index (Phi) is 19.1. The first-order chi connectivity index (χ1) is 31.4. The molecule has 0 spiro atoms. The van der Waals surface area contributed by atoms with E-state index in [1.807, 2.05) is 0 Å². The number of amides is 2. The summed E-state index contributed by atoms with van der Waals surface area (Å²) in [6.45, 7) is 1.16. The summed E-state index contributed by atoms with van der Waals surface area (Å²) in [7, 11) is 0. The first kappa shape index (κ1) is 54.9. The summed E-state index contributed by atoms with van der Waals surface area (Å²) >= 11 is 0. The second-order valence-electron chi connectivity index (χ2n) is 16.5. The van der Waals surface area contributed by atoms with Crippen molar-refractivity contribution in [2.24, 2.45) is 0 Å². The number of hydrogen-bond donors (Lipinski definition) is 16.